The van der Waals surface area contributed by atoms with E-state index in [-0.39, 0.29) is 18.9 Å². The number of benzene rings is 3. The summed E-state index contributed by atoms with van der Waals surface area (Å²) in [6, 6.07) is 21.2. The molecule has 0 saturated carbocycles. The minimum absolute atomic E-state index is 0.00491. The molecule has 1 amide bonds. The van der Waals surface area contributed by atoms with Gasteiger partial charge < -0.3 is 19.5 Å². The predicted octanol–water partition coefficient (Wildman–Crippen LogP) is 4.85. The molecule has 0 aromatic heterocycles. The van der Waals surface area contributed by atoms with E-state index in [1.54, 1.807) is 42.5 Å². The number of nitrogens with zero attached hydrogens (tertiary/aromatic N) is 1. The maximum Gasteiger partial charge on any atom is 0.409 e. The van der Waals surface area contributed by atoms with Gasteiger partial charge in [-0.25, -0.2) is 13.2 Å². The third-order valence-corrected chi connectivity index (χ3v) is 6.11. The van der Waals surface area contributed by atoms with E-state index in [4.69, 9.17) is 14.6 Å². The lowest BCUT2D eigenvalue weighted by Crippen LogP contribution is -2.33. The van der Waals surface area contributed by atoms with Crippen LogP contribution in [0.15, 0.2) is 72.8 Å². The number of methoxy groups -OCH3 is 1. The number of rotatable bonds is 11. The Kier molecular flexibility index (Phi) is 9.13. The standard InChI is InChI=1S/C27H30N2O7S/c1-19(21-9-5-4-6-10-21)17-29(27(32)35-2)18-22-16-23(28-37(3,33)34)12-13-25(22)36-24-11-7-8-20(14-24)15-26(30)31/h4-14,16,19,28H,15,17-18H2,1-3H3,(H,30,31)/t19-/m1/s1. The molecule has 0 aliphatic rings. The fraction of sp³-hybridized carbons (Fsp3) is 0.259. The van der Waals surface area contributed by atoms with E-state index in [0.29, 0.717) is 34.9 Å². The van der Waals surface area contributed by atoms with Crippen LogP contribution in [0.1, 0.15) is 29.5 Å². The van der Waals surface area contributed by atoms with Crippen LogP contribution in [-0.4, -0.2) is 50.4 Å². The molecule has 3 aromatic carbocycles. The maximum atomic E-state index is 12.7. The van der Waals surface area contributed by atoms with Crippen LogP contribution in [0.2, 0.25) is 0 Å². The Balaban J connectivity index is 1.95. The normalized spacial score (nSPS) is 11.9. The smallest absolute Gasteiger partial charge is 0.409 e. The number of carbonyl (C=O) groups is 2. The van der Waals surface area contributed by atoms with Crippen molar-refractivity contribution >= 4 is 27.8 Å². The second-order valence-corrected chi connectivity index (χ2v) is 10.4. The van der Waals surface area contributed by atoms with Crippen LogP contribution < -0.4 is 9.46 Å². The van der Waals surface area contributed by atoms with Crippen molar-refractivity contribution < 1.29 is 32.6 Å². The molecule has 3 aromatic rings. The van der Waals surface area contributed by atoms with Gasteiger partial charge in [-0.05, 0) is 47.4 Å². The summed E-state index contributed by atoms with van der Waals surface area (Å²) in [4.78, 5) is 25.3. The number of hydrogen-bond donors (Lipinski definition) is 2. The summed E-state index contributed by atoms with van der Waals surface area (Å²) in [5, 5.41) is 9.10. The van der Waals surface area contributed by atoms with Crippen molar-refractivity contribution in [3.8, 4) is 11.5 Å². The molecule has 10 heteroatoms. The van der Waals surface area contributed by atoms with Gasteiger partial charge in [-0.15, -0.1) is 0 Å². The number of sulfonamides is 1. The summed E-state index contributed by atoms with van der Waals surface area (Å²) < 4.78 is 37.2. The Morgan fingerprint density at radius 2 is 1.76 bits per heavy atom. The Hall–Kier alpha value is -4.05. The average Bonchev–Trinajstić information content (AvgIpc) is 2.84. The Bertz CT molecular complexity index is 1340. The Morgan fingerprint density at radius 3 is 2.41 bits per heavy atom. The highest BCUT2D eigenvalue weighted by molar-refractivity contribution is 7.92. The quantitative estimate of drug-likeness (QED) is 0.366. The van der Waals surface area contributed by atoms with E-state index in [1.165, 1.54) is 12.0 Å². The van der Waals surface area contributed by atoms with Gasteiger partial charge >= 0.3 is 12.1 Å². The third-order valence-electron chi connectivity index (χ3n) is 5.50. The fourth-order valence-corrected chi connectivity index (χ4v) is 4.41. The highest BCUT2D eigenvalue weighted by Gasteiger charge is 2.21. The Labute approximate surface area is 216 Å². The zero-order valence-electron chi connectivity index (χ0n) is 20.9. The molecule has 1 atom stereocenters. The van der Waals surface area contributed by atoms with E-state index >= 15 is 0 Å². The molecule has 0 unspecified atom stereocenters. The molecule has 0 spiro atoms. The second kappa shape index (κ2) is 12.3. The number of ether oxygens (including phenoxy) is 2. The van der Waals surface area contributed by atoms with Crippen molar-refractivity contribution in [3.05, 3.63) is 89.5 Å². The summed E-state index contributed by atoms with van der Waals surface area (Å²) in [5.41, 5.74) is 2.46. The van der Waals surface area contributed by atoms with Crippen LogP contribution in [0.25, 0.3) is 0 Å². The summed E-state index contributed by atoms with van der Waals surface area (Å²) in [7, 11) is -2.24. The molecule has 0 radical (unpaired) electrons. The van der Waals surface area contributed by atoms with Crippen LogP contribution in [0, 0.1) is 0 Å². The molecule has 0 fully saturated rings. The number of anilines is 1. The summed E-state index contributed by atoms with van der Waals surface area (Å²) in [6.45, 7) is 2.42. The molecular weight excluding hydrogens is 496 g/mol. The van der Waals surface area contributed by atoms with E-state index in [9.17, 15) is 18.0 Å². The highest BCUT2D eigenvalue weighted by Crippen LogP contribution is 2.31. The number of hydrogen-bond acceptors (Lipinski definition) is 6. The maximum absolute atomic E-state index is 12.7. The van der Waals surface area contributed by atoms with Crippen LogP contribution in [0.3, 0.4) is 0 Å². The van der Waals surface area contributed by atoms with Crippen molar-refractivity contribution in [2.45, 2.75) is 25.8 Å². The van der Waals surface area contributed by atoms with E-state index in [2.05, 4.69) is 4.72 Å². The minimum Gasteiger partial charge on any atom is -0.481 e. The van der Waals surface area contributed by atoms with Gasteiger partial charge in [0.1, 0.15) is 11.5 Å². The second-order valence-electron chi connectivity index (χ2n) is 8.68. The molecule has 196 valence electrons. The molecule has 0 aliphatic heterocycles. The molecule has 0 saturated heterocycles. The number of carboxylic acids is 1. The van der Waals surface area contributed by atoms with Crippen molar-refractivity contribution in [2.75, 3.05) is 24.6 Å². The van der Waals surface area contributed by atoms with Gasteiger partial charge in [-0.3, -0.25) is 9.52 Å². The van der Waals surface area contributed by atoms with Crippen molar-refractivity contribution in [2.24, 2.45) is 0 Å². The fourth-order valence-electron chi connectivity index (χ4n) is 3.86. The average molecular weight is 527 g/mol. The lowest BCUT2D eigenvalue weighted by Gasteiger charge is -2.26. The lowest BCUT2D eigenvalue weighted by atomic mass is 10.0. The van der Waals surface area contributed by atoms with Crippen LogP contribution in [0.5, 0.6) is 11.5 Å². The minimum atomic E-state index is -3.54. The van der Waals surface area contributed by atoms with Gasteiger partial charge in [0.15, 0.2) is 0 Å². The molecule has 9 nitrogen and oxygen atoms in total. The summed E-state index contributed by atoms with van der Waals surface area (Å²) >= 11 is 0. The monoisotopic (exact) mass is 526 g/mol. The Morgan fingerprint density at radius 1 is 1.03 bits per heavy atom. The lowest BCUT2D eigenvalue weighted by molar-refractivity contribution is -0.136. The molecule has 0 bridgehead atoms. The van der Waals surface area contributed by atoms with Gasteiger partial charge in [0.25, 0.3) is 0 Å². The van der Waals surface area contributed by atoms with Crippen LogP contribution >= 0.6 is 0 Å². The highest BCUT2D eigenvalue weighted by atomic mass is 32.2. The first-order valence-electron chi connectivity index (χ1n) is 11.5. The number of amides is 1. The third kappa shape index (κ3) is 8.53. The van der Waals surface area contributed by atoms with Crippen molar-refractivity contribution in [1.82, 2.24) is 4.90 Å². The topological polar surface area (TPSA) is 122 Å². The molecule has 3 rings (SSSR count). The molecule has 2 N–H and O–H groups in total. The summed E-state index contributed by atoms with van der Waals surface area (Å²) in [5.74, 6) is -0.177. The largest absolute Gasteiger partial charge is 0.481 e. The van der Waals surface area contributed by atoms with Crippen LogP contribution in [0.4, 0.5) is 10.5 Å². The van der Waals surface area contributed by atoms with Crippen molar-refractivity contribution in [3.63, 3.8) is 0 Å². The number of carbonyl (C=O) groups excluding carboxylic acids is 1. The van der Waals surface area contributed by atoms with Crippen molar-refractivity contribution in [1.29, 1.82) is 0 Å². The van der Waals surface area contributed by atoms with Crippen LogP contribution in [-0.2, 0) is 32.5 Å². The molecule has 0 aliphatic carbocycles. The van der Waals surface area contributed by atoms with E-state index < -0.39 is 22.1 Å². The SMILES string of the molecule is COC(=O)N(Cc1cc(NS(C)(=O)=O)ccc1Oc1cccc(CC(=O)O)c1)C[C@@H](C)c1ccccc1. The van der Waals surface area contributed by atoms with Gasteiger partial charge in [0.2, 0.25) is 10.0 Å². The first-order chi connectivity index (χ1) is 17.5. The van der Waals surface area contributed by atoms with Gasteiger partial charge in [-0.1, -0.05) is 49.4 Å². The van der Waals surface area contributed by atoms with Gasteiger partial charge in [0.05, 0.1) is 26.3 Å². The molecule has 37 heavy (non-hydrogen) atoms. The zero-order valence-corrected chi connectivity index (χ0v) is 21.7. The molecular formula is C27H30N2O7S. The number of nitrogens with one attached hydrogen (secondary N) is 1. The number of carboxylic acid groups (broad SMARTS) is 1. The van der Waals surface area contributed by atoms with Gasteiger partial charge in [0, 0.05) is 17.8 Å². The predicted molar refractivity (Wildman–Crippen MR) is 140 cm³/mol. The number of aliphatic carboxylic acids is 1. The van der Waals surface area contributed by atoms with E-state index in [0.717, 1.165) is 11.8 Å². The first-order valence-corrected chi connectivity index (χ1v) is 13.4. The van der Waals surface area contributed by atoms with E-state index in [1.807, 2.05) is 37.3 Å². The first kappa shape index (κ1) is 27.5. The summed E-state index contributed by atoms with van der Waals surface area (Å²) in [6.07, 6.45) is 0.348. The molecule has 0 heterocycles. The zero-order chi connectivity index (χ0) is 27.0. The van der Waals surface area contributed by atoms with Gasteiger partial charge in [-0.2, -0.15) is 0 Å².